The number of nitrogens with zero attached hydrogens (tertiary/aromatic N) is 2. The molecule has 0 radical (unpaired) electrons. The van der Waals surface area contributed by atoms with Gasteiger partial charge in [-0.1, -0.05) is 60.7 Å². The monoisotopic (exact) mass is 361 g/mol. The number of aryl methyl sites for hydroxylation is 1. The average Bonchev–Trinajstić information content (AvgIpc) is 2.70. The van der Waals surface area contributed by atoms with Crippen LogP contribution in [0.2, 0.25) is 0 Å². The van der Waals surface area contributed by atoms with E-state index in [2.05, 4.69) is 17.4 Å². The summed E-state index contributed by atoms with van der Waals surface area (Å²) in [5.41, 5.74) is 2.47. The van der Waals surface area contributed by atoms with Gasteiger partial charge in [-0.2, -0.15) is 5.26 Å². The second-order valence-corrected chi connectivity index (χ2v) is 6.73. The second-order valence-electron chi connectivity index (χ2n) is 6.73. The van der Waals surface area contributed by atoms with E-state index in [1.165, 1.54) is 5.56 Å². The Bertz CT molecular complexity index is 776. The van der Waals surface area contributed by atoms with Crippen LogP contribution in [0.4, 0.5) is 0 Å². The quantitative estimate of drug-likeness (QED) is 0.416. The van der Waals surface area contributed by atoms with Crippen LogP contribution in [0.1, 0.15) is 31.4 Å². The number of hydrogen-bond donors (Lipinski definition) is 1. The van der Waals surface area contributed by atoms with Gasteiger partial charge in [0.05, 0.1) is 0 Å². The molecule has 2 rings (SSSR count). The summed E-state index contributed by atoms with van der Waals surface area (Å²) in [5, 5.41) is 12.5. The van der Waals surface area contributed by atoms with Crippen molar-refractivity contribution < 1.29 is 4.79 Å². The van der Waals surface area contributed by atoms with Gasteiger partial charge in [-0.05, 0) is 37.8 Å². The van der Waals surface area contributed by atoms with Crippen molar-refractivity contribution in [3.05, 3.63) is 83.6 Å². The third-order valence-electron chi connectivity index (χ3n) is 4.31. The van der Waals surface area contributed by atoms with Crippen LogP contribution < -0.4 is 5.32 Å². The SMILES string of the molecule is CC(C)N(Cc1ccccc1)C(=O)/C(C#N)=C\NCCCc1ccccc1. The Morgan fingerprint density at radius 1 is 1.07 bits per heavy atom. The fourth-order valence-corrected chi connectivity index (χ4v) is 2.78. The van der Waals surface area contributed by atoms with E-state index >= 15 is 0 Å². The minimum atomic E-state index is -0.244. The molecule has 4 heteroatoms. The van der Waals surface area contributed by atoms with E-state index in [-0.39, 0.29) is 17.5 Å². The number of hydrogen-bond acceptors (Lipinski definition) is 3. The Morgan fingerprint density at radius 2 is 1.67 bits per heavy atom. The maximum atomic E-state index is 12.8. The third kappa shape index (κ3) is 6.63. The largest absolute Gasteiger partial charge is 0.390 e. The van der Waals surface area contributed by atoms with Crippen LogP contribution >= 0.6 is 0 Å². The molecule has 0 aromatic heterocycles. The molecule has 0 aliphatic carbocycles. The van der Waals surface area contributed by atoms with Gasteiger partial charge in [-0.15, -0.1) is 0 Å². The highest BCUT2D eigenvalue weighted by Gasteiger charge is 2.21. The van der Waals surface area contributed by atoms with Crippen LogP contribution in [-0.2, 0) is 17.8 Å². The number of nitrogens with one attached hydrogen (secondary N) is 1. The molecule has 0 saturated carbocycles. The molecule has 0 aliphatic heterocycles. The molecule has 0 heterocycles. The molecular formula is C23H27N3O. The molecule has 4 nitrogen and oxygen atoms in total. The summed E-state index contributed by atoms with van der Waals surface area (Å²) in [6, 6.07) is 22.1. The number of rotatable bonds is 9. The van der Waals surface area contributed by atoms with E-state index < -0.39 is 0 Å². The highest BCUT2D eigenvalue weighted by atomic mass is 16.2. The first kappa shape index (κ1) is 20.3. The third-order valence-corrected chi connectivity index (χ3v) is 4.31. The number of benzene rings is 2. The molecule has 0 fully saturated rings. The van der Waals surface area contributed by atoms with Crippen molar-refractivity contribution >= 4 is 5.91 Å². The molecule has 2 aromatic carbocycles. The lowest BCUT2D eigenvalue weighted by atomic mass is 10.1. The fourth-order valence-electron chi connectivity index (χ4n) is 2.78. The van der Waals surface area contributed by atoms with Gasteiger partial charge in [0, 0.05) is 25.3 Å². The van der Waals surface area contributed by atoms with Crippen molar-refractivity contribution in [2.75, 3.05) is 6.54 Å². The van der Waals surface area contributed by atoms with Gasteiger partial charge >= 0.3 is 0 Å². The van der Waals surface area contributed by atoms with Crippen LogP contribution in [0.15, 0.2) is 72.4 Å². The highest BCUT2D eigenvalue weighted by Crippen LogP contribution is 2.12. The minimum Gasteiger partial charge on any atom is -0.390 e. The molecule has 0 unspecified atom stereocenters. The summed E-state index contributed by atoms with van der Waals surface area (Å²) in [4.78, 5) is 14.5. The maximum Gasteiger partial charge on any atom is 0.266 e. The van der Waals surface area contributed by atoms with Gasteiger partial charge in [0.25, 0.3) is 5.91 Å². The lowest BCUT2D eigenvalue weighted by Gasteiger charge is -2.26. The topological polar surface area (TPSA) is 56.1 Å². The zero-order valence-corrected chi connectivity index (χ0v) is 16.1. The van der Waals surface area contributed by atoms with Crippen molar-refractivity contribution in [1.29, 1.82) is 5.26 Å². The molecular weight excluding hydrogens is 334 g/mol. The summed E-state index contributed by atoms with van der Waals surface area (Å²) in [6.45, 7) is 5.13. The van der Waals surface area contributed by atoms with E-state index in [0.29, 0.717) is 13.1 Å². The Hall–Kier alpha value is -3.06. The number of carbonyl (C=O) groups is 1. The lowest BCUT2D eigenvalue weighted by molar-refractivity contribution is -0.129. The van der Waals surface area contributed by atoms with Crippen molar-refractivity contribution in [3.8, 4) is 6.07 Å². The Kier molecular flexibility index (Phi) is 8.12. The Labute approximate surface area is 162 Å². The molecule has 27 heavy (non-hydrogen) atoms. The standard InChI is InChI=1S/C23H27N3O/c1-19(2)26(18-21-12-7-4-8-13-21)23(27)22(16-24)17-25-15-9-14-20-10-5-3-6-11-20/h3-8,10-13,17,19,25H,9,14-15,18H2,1-2H3/b22-17-. The summed E-state index contributed by atoms with van der Waals surface area (Å²) < 4.78 is 0. The summed E-state index contributed by atoms with van der Waals surface area (Å²) in [6.07, 6.45) is 3.45. The van der Waals surface area contributed by atoms with Gasteiger partial charge in [-0.25, -0.2) is 0 Å². The van der Waals surface area contributed by atoms with Crippen molar-refractivity contribution in [2.24, 2.45) is 0 Å². The Morgan fingerprint density at radius 3 is 2.22 bits per heavy atom. The molecule has 140 valence electrons. The second kappa shape index (κ2) is 10.8. The molecule has 0 spiro atoms. The van der Waals surface area contributed by atoms with Gasteiger partial charge in [0.15, 0.2) is 0 Å². The first-order chi connectivity index (χ1) is 13.1. The molecule has 0 aliphatic rings. The van der Waals surface area contributed by atoms with Crippen LogP contribution in [0, 0.1) is 11.3 Å². The maximum absolute atomic E-state index is 12.8. The summed E-state index contributed by atoms with van der Waals surface area (Å²) in [5.74, 6) is -0.244. The summed E-state index contributed by atoms with van der Waals surface area (Å²) >= 11 is 0. The highest BCUT2D eigenvalue weighted by molar-refractivity contribution is 5.97. The van der Waals surface area contributed by atoms with Crippen molar-refractivity contribution in [2.45, 2.75) is 39.3 Å². The lowest BCUT2D eigenvalue weighted by Crippen LogP contribution is -2.37. The number of carbonyl (C=O) groups excluding carboxylic acids is 1. The van der Waals surface area contributed by atoms with Gasteiger partial charge in [0.1, 0.15) is 11.6 Å². The molecule has 1 amide bonds. The average molecular weight is 361 g/mol. The van der Waals surface area contributed by atoms with Crippen LogP contribution in [-0.4, -0.2) is 23.4 Å². The van der Waals surface area contributed by atoms with Gasteiger partial charge in [0.2, 0.25) is 0 Å². The van der Waals surface area contributed by atoms with Crippen LogP contribution in [0.5, 0.6) is 0 Å². The summed E-state index contributed by atoms with van der Waals surface area (Å²) in [7, 11) is 0. The Balaban J connectivity index is 1.91. The van der Waals surface area contributed by atoms with E-state index in [1.807, 2.05) is 68.4 Å². The van der Waals surface area contributed by atoms with Gasteiger partial charge in [-0.3, -0.25) is 4.79 Å². The van der Waals surface area contributed by atoms with E-state index in [9.17, 15) is 10.1 Å². The fraction of sp³-hybridized carbons (Fsp3) is 0.304. The van der Waals surface area contributed by atoms with E-state index in [1.54, 1.807) is 11.1 Å². The van der Waals surface area contributed by atoms with Crippen molar-refractivity contribution in [1.82, 2.24) is 10.2 Å². The molecule has 1 N–H and O–H groups in total. The molecule has 0 bridgehead atoms. The predicted octanol–water partition coefficient (Wildman–Crippen LogP) is 4.05. The number of amides is 1. The zero-order chi connectivity index (χ0) is 19.5. The zero-order valence-electron chi connectivity index (χ0n) is 16.1. The number of nitriles is 1. The first-order valence-corrected chi connectivity index (χ1v) is 9.34. The van der Waals surface area contributed by atoms with E-state index in [0.717, 1.165) is 18.4 Å². The van der Waals surface area contributed by atoms with Crippen LogP contribution in [0.25, 0.3) is 0 Å². The minimum absolute atomic E-state index is 0.00698. The van der Waals surface area contributed by atoms with Crippen molar-refractivity contribution in [3.63, 3.8) is 0 Å². The van der Waals surface area contributed by atoms with E-state index in [4.69, 9.17) is 0 Å². The van der Waals surface area contributed by atoms with Gasteiger partial charge < -0.3 is 10.2 Å². The molecule has 0 saturated heterocycles. The first-order valence-electron chi connectivity index (χ1n) is 9.34. The van der Waals surface area contributed by atoms with Crippen LogP contribution in [0.3, 0.4) is 0 Å². The molecule has 2 aromatic rings. The smallest absolute Gasteiger partial charge is 0.266 e. The predicted molar refractivity (Wildman–Crippen MR) is 109 cm³/mol. The normalized spacial score (nSPS) is 11.1. The molecule has 0 atom stereocenters.